The number of ether oxygens (including phenoxy) is 1. The van der Waals surface area contributed by atoms with Gasteiger partial charge < -0.3 is 4.74 Å². The summed E-state index contributed by atoms with van der Waals surface area (Å²) >= 11 is 0. The van der Waals surface area contributed by atoms with Crippen LogP contribution in [0, 0.1) is 0 Å². The molecule has 0 amide bonds. The molecule has 0 saturated carbocycles. The highest BCUT2D eigenvalue weighted by Gasteiger charge is 1.92. The highest BCUT2D eigenvalue weighted by atomic mass is 16.5. The second-order valence-electron chi connectivity index (χ2n) is 2.37. The van der Waals surface area contributed by atoms with Gasteiger partial charge in [-0.3, -0.25) is 4.98 Å². The molecule has 68 valence electrons. The Hall–Kier alpha value is -1.64. The maximum absolute atomic E-state index is 10.9. The van der Waals surface area contributed by atoms with E-state index < -0.39 is 0 Å². The predicted molar refractivity (Wildman–Crippen MR) is 49.9 cm³/mol. The molecule has 0 aromatic carbocycles. The maximum Gasteiger partial charge on any atom is 0.330 e. The third-order valence-corrected chi connectivity index (χ3v) is 1.38. The maximum atomic E-state index is 10.9. The summed E-state index contributed by atoms with van der Waals surface area (Å²) in [5.41, 5.74) is 0.885. The number of rotatable bonds is 3. The molecule has 0 radical (unpaired) electrons. The van der Waals surface area contributed by atoms with E-state index in [0.29, 0.717) is 6.61 Å². The zero-order valence-corrected chi connectivity index (χ0v) is 7.43. The molecule has 0 atom stereocenters. The summed E-state index contributed by atoms with van der Waals surface area (Å²) in [6.45, 7) is 2.17. The molecule has 3 nitrogen and oxygen atoms in total. The van der Waals surface area contributed by atoms with Gasteiger partial charge in [-0.05, 0) is 24.6 Å². The molecule has 0 unspecified atom stereocenters. The van der Waals surface area contributed by atoms with Crippen LogP contribution in [0.1, 0.15) is 12.5 Å². The van der Waals surface area contributed by atoms with Gasteiger partial charge in [-0.25, -0.2) is 4.79 Å². The average molecular weight is 177 g/mol. The first-order valence-corrected chi connectivity index (χ1v) is 4.08. The van der Waals surface area contributed by atoms with Crippen molar-refractivity contribution in [1.29, 1.82) is 0 Å². The summed E-state index contributed by atoms with van der Waals surface area (Å²) in [5, 5.41) is 0. The average Bonchev–Trinajstić information content (AvgIpc) is 2.17. The van der Waals surface area contributed by atoms with E-state index in [0.717, 1.165) is 5.56 Å². The van der Waals surface area contributed by atoms with Crippen molar-refractivity contribution >= 4 is 12.0 Å². The molecular weight excluding hydrogens is 166 g/mol. The molecule has 0 bridgehead atoms. The van der Waals surface area contributed by atoms with Crippen LogP contribution < -0.4 is 0 Å². The molecule has 1 rings (SSSR count). The number of aromatic nitrogens is 1. The van der Waals surface area contributed by atoms with Crippen LogP contribution in [0.4, 0.5) is 0 Å². The number of nitrogens with zero attached hydrogens (tertiary/aromatic N) is 1. The van der Waals surface area contributed by atoms with Gasteiger partial charge in [0.15, 0.2) is 0 Å². The van der Waals surface area contributed by atoms with Gasteiger partial charge in [-0.15, -0.1) is 0 Å². The zero-order valence-electron chi connectivity index (χ0n) is 7.43. The van der Waals surface area contributed by atoms with Crippen molar-refractivity contribution in [3.63, 3.8) is 0 Å². The van der Waals surface area contributed by atoms with Crippen LogP contribution in [0.15, 0.2) is 30.6 Å². The van der Waals surface area contributed by atoms with Crippen molar-refractivity contribution in [2.24, 2.45) is 0 Å². The van der Waals surface area contributed by atoms with Crippen molar-refractivity contribution in [1.82, 2.24) is 4.98 Å². The fourth-order valence-corrected chi connectivity index (χ4v) is 0.829. The number of hydrogen-bond acceptors (Lipinski definition) is 3. The molecule has 1 aromatic heterocycles. The largest absolute Gasteiger partial charge is 0.463 e. The molecule has 3 heteroatoms. The molecule has 0 fully saturated rings. The Labute approximate surface area is 77.1 Å². The molecule has 13 heavy (non-hydrogen) atoms. The van der Waals surface area contributed by atoms with Crippen LogP contribution in [0.2, 0.25) is 0 Å². The van der Waals surface area contributed by atoms with E-state index >= 15 is 0 Å². The van der Waals surface area contributed by atoms with Gasteiger partial charge in [-0.1, -0.05) is 6.07 Å². The van der Waals surface area contributed by atoms with Crippen LogP contribution in [-0.2, 0) is 9.53 Å². The zero-order chi connectivity index (χ0) is 9.52. The predicted octanol–water partition coefficient (Wildman–Crippen LogP) is 1.66. The van der Waals surface area contributed by atoms with E-state index in [1.807, 2.05) is 12.1 Å². The van der Waals surface area contributed by atoms with E-state index in [1.54, 1.807) is 25.4 Å². The van der Waals surface area contributed by atoms with E-state index in [2.05, 4.69) is 4.98 Å². The summed E-state index contributed by atoms with van der Waals surface area (Å²) in [4.78, 5) is 14.8. The molecule has 0 saturated heterocycles. The molecule has 1 aromatic rings. The molecule has 0 aliphatic rings. The van der Waals surface area contributed by atoms with Crippen LogP contribution in [-0.4, -0.2) is 17.6 Å². The quantitative estimate of drug-likeness (QED) is 0.520. The minimum absolute atomic E-state index is 0.327. The van der Waals surface area contributed by atoms with Gasteiger partial charge in [0, 0.05) is 18.5 Å². The summed E-state index contributed by atoms with van der Waals surface area (Å²) in [7, 11) is 0. The Morgan fingerprint density at radius 1 is 1.69 bits per heavy atom. The number of esters is 1. The summed E-state index contributed by atoms with van der Waals surface area (Å²) in [6, 6.07) is 3.67. The van der Waals surface area contributed by atoms with E-state index in [-0.39, 0.29) is 5.97 Å². The molecule has 1 heterocycles. The fourth-order valence-electron chi connectivity index (χ4n) is 0.829. The van der Waals surface area contributed by atoms with Crippen molar-refractivity contribution in [2.75, 3.05) is 6.61 Å². The first-order valence-electron chi connectivity index (χ1n) is 4.08. The monoisotopic (exact) mass is 177 g/mol. The molecule has 0 spiro atoms. The normalized spacial score (nSPS) is 10.2. The third kappa shape index (κ3) is 3.51. The van der Waals surface area contributed by atoms with Gasteiger partial charge in [0.05, 0.1) is 6.61 Å². The minimum atomic E-state index is -0.327. The van der Waals surface area contributed by atoms with Gasteiger partial charge >= 0.3 is 5.97 Å². The lowest BCUT2D eigenvalue weighted by Gasteiger charge is -1.94. The van der Waals surface area contributed by atoms with Crippen LogP contribution in [0.3, 0.4) is 0 Å². The minimum Gasteiger partial charge on any atom is -0.463 e. The lowest BCUT2D eigenvalue weighted by atomic mass is 10.2. The number of pyridine rings is 1. The highest BCUT2D eigenvalue weighted by molar-refractivity contribution is 5.86. The number of carbonyl (C=O) groups excluding carboxylic acids is 1. The van der Waals surface area contributed by atoms with Crippen LogP contribution in [0.5, 0.6) is 0 Å². The van der Waals surface area contributed by atoms with Crippen LogP contribution >= 0.6 is 0 Å². The Morgan fingerprint density at radius 2 is 2.54 bits per heavy atom. The van der Waals surface area contributed by atoms with E-state index in [1.165, 1.54) is 6.08 Å². The topological polar surface area (TPSA) is 39.2 Å². The van der Waals surface area contributed by atoms with Crippen molar-refractivity contribution in [2.45, 2.75) is 6.92 Å². The van der Waals surface area contributed by atoms with E-state index in [4.69, 9.17) is 4.74 Å². The molecule has 0 aliphatic carbocycles. The van der Waals surface area contributed by atoms with E-state index in [9.17, 15) is 4.79 Å². The lowest BCUT2D eigenvalue weighted by Crippen LogP contribution is -1.98. The number of hydrogen-bond donors (Lipinski definition) is 0. The Balaban J connectivity index is 2.54. The summed E-state index contributed by atoms with van der Waals surface area (Å²) in [5.74, 6) is -0.327. The Morgan fingerprint density at radius 3 is 3.15 bits per heavy atom. The summed E-state index contributed by atoms with van der Waals surface area (Å²) < 4.78 is 4.72. The van der Waals surface area contributed by atoms with Crippen molar-refractivity contribution in [3.05, 3.63) is 36.2 Å². The standard InChI is InChI=1S/C10H11NO2/c1-2-13-10(12)6-5-9-4-3-7-11-8-9/h3-8H,2H2,1H3. The van der Waals surface area contributed by atoms with Gasteiger partial charge in [0.1, 0.15) is 0 Å². The smallest absolute Gasteiger partial charge is 0.330 e. The lowest BCUT2D eigenvalue weighted by molar-refractivity contribution is -0.137. The Kier molecular flexibility index (Phi) is 3.70. The van der Waals surface area contributed by atoms with Gasteiger partial charge in [-0.2, -0.15) is 0 Å². The van der Waals surface area contributed by atoms with Crippen molar-refractivity contribution < 1.29 is 9.53 Å². The molecule has 0 aliphatic heterocycles. The van der Waals surface area contributed by atoms with Crippen molar-refractivity contribution in [3.8, 4) is 0 Å². The first kappa shape index (κ1) is 9.45. The summed E-state index contributed by atoms with van der Waals surface area (Å²) in [6.07, 6.45) is 6.42. The molecule has 0 N–H and O–H groups in total. The van der Waals surface area contributed by atoms with Gasteiger partial charge in [0.25, 0.3) is 0 Å². The first-order chi connectivity index (χ1) is 6.33. The SMILES string of the molecule is CCOC(=O)C=Cc1cccnc1. The van der Waals surface area contributed by atoms with Crippen LogP contribution in [0.25, 0.3) is 6.08 Å². The molecular formula is C10H11NO2. The second kappa shape index (κ2) is 5.09. The fraction of sp³-hybridized carbons (Fsp3) is 0.200. The highest BCUT2D eigenvalue weighted by Crippen LogP contribution is 1.98. The second-order valence-corrected chi connectivity index (χ2v) is 2.37. The van der Waals surface area contributed by atoms with Gasteiger partial charge in [0.2, 0.25) is 0 Å². The number of carbonyl (C=O) groups is 1. The Bertz CT molecular complexity index is 293. The third-order valence-electron chi connectivity index (χ3n) is 1.38.